The van der Waals surface area contributed by atoms with Gasteiger partial charge in [0.05, 0.1) is 17.5 Å². The summed E-state index contributed by atoms with van der Waals surface area (Å²) in [5.41, 5.74) is -0.815. The van der Waals surface area contributed by atoms with Crippen LogP contribution >= 0.6 is 0 Å². The molecule has 2 unspecified atom stereocenters. The zero-order chi connectivity index (χ0) is 24.3. The number of aromatic nitrogens is 1. The molecule has 1 aromatic heterocycles. The molecule has 3 nitrogen and oxygen atoms in total. The fourth-order valence-corrected chi connectivity index (χ4v) is 5.36. The maximum atomic E-state index is 13.9. The van der Waals surface area contributed by atoms with E-state index in [-0.39, 0.29) is 11.5 Å². The van der Waals surface area contributed by atoms with Crippen LogP contribution in [0.2, 0.25) is 0 Å². The van der Waals surface area contributed by atoms with Crippen LogP contribution in [-0.2, 0) is 16.5 Å². The molecule has 34 heavy (non-hydrogen) atoms. The number of hydrogen-bond donors (Lipinski definition) is 1. The third-order valence-corrected chi connectivity index (χ3v) is 6.65. The Bertz CT molecular complexity index is 1130. The molecule has 0 spiro atoms. The summed E-state index contributed by atoms with van der Waals surface area (Å²) in [6.45, 7) is 1.34. The van der Waals surface area contributed by atoms with Gasteiger partial charge in [-0.3, -0.25) is 9.78 Å². The summed E-state index contributed by atoms with van der Waals surface area (Å²) in [6, 6.07) is 17.2. The van der Waals surface area contributed by atoms with E-state index in [4.69, 9.17) is 0 Å². The molecule has 1 fully saturated rings. The van der Waals surface area contributed by atoms with Gasteiger partial charge in [0, 0.05) is 12.8 Å². The number of benzene rings is 2. The molecular weight excluding hydrogens is 444 g/mol. The summed E-state index contributed by atoms with van der Waals surface area (Å²) in [5.74, 6) is -1.32. The van der Waals surface area contributed by atoms with Gasteiger partial charge in [-0.25, -0.2) is 4.39 Å². The van der Waals surface area contributed by atoms with E-state index in [1.54, 1.807) is 6.07 Å². The second-order valence-electron chi connectivity index (χ2n) is 8.86. The van der Waals surface area contributed by atoms with Crippen molar-refractivity contribution in [1.82, 2.24) is 10.3 Å². The van der Waals surface area contributed by atoms with Gasteiger partial charge in [0.2, 0.25) is 5.91 Å². The predicted octanol–water partition coefficient (Wildman–Crippen LogP) is 6.59. The van der Waals surface area contributed by atoms with Crippen LogP contribution in [0.1, 0.15) is 60.9 Å². The molecule has 1 amide bonds. The summed E-state index contributed by atoms with van der Waals surface area (Å²) < 4.78 is 55.1. The van der Waals surface area contributed by atoms with E-state index in [1.807, 2.05) is 30.3 Å². The number of nitrogens with one attached hydrogen (secondary N) is 1. The first kappa shape index (κ1) is 23.9. The minimum Gasteiger partial charge on any atom is -0.341 e. The van der Waals surface area contributed by atoms with E-state index in [2.05, 4.69) is 10.3 Å². The molecule has 1 aliphatic rings. The molecule has 1 N–H and O–H groups in total. The lowest BCUT2D eigenvalue weighted by molar-refractivity contribution is -0.137. The van der Waals surface area contributed by atoms with Gasteiger partial charge >= 0.3 is 6.18 Å². The number of nitrogens with zero attached hydrogens (tertiary/aromatic N) is 1. The molecule has 1 saturated carbocycles. The molecule has 1 aliphatic carbocycles. The molecule has 4 rings (SSSR count). The Morgan fingerprint density at radius 3 is 2.24 bits per heavy atom. The molecule has 2 aromatic carbocycles. The highest BCUT2D eigenvalue weighted by Gasteiger charge is 2.49. The summed E-state index contributed by atoms with van der Waals surface area (Å²) in [6.07, 6.45) is 0.176. The van der Waals surface area contributed by atoms with Crippen molar-refractivity contribution in [1.29, 1.82) is 0 Å². The number of amides is 1. The van der Waals surface area contributed by atoms with Crippen LogP contribution in [0.3, 0.4) is 0 Å². The molecule has 0 aliphatic heterocycles. The lowest BCUT2D eigenvalue weighted by Gasteiger charge is -2.45. The number of hydrogen-bond acceptors (Lipinski definition) is 2. The summed E-state index contributed by atoms with van der Waals surface area (Å²) in [4.78, 5) is 17.0. The maximum absolute atomic E-state index is 13.9. The quantitative estimate of drug-likeness (QED) is 0.413. The van der Waals surface area contributed by atoms with Crippen LogP contribution in [0, 0.1) is 11.7 Å². The van der Waals surface area contributed by atoms with Crippen LogP contribution in [-0.4, -0.2) is 10.9 Å². The first-order valence-electron chi connectivity index (χ1n) is 11.4. The van der Waals surface area contributed by atoms with Gasteiger partial charge in [-0.15, -0.1) is 0 Å². The zero-order valence-corrected chi connectivity index (χ0v) is 18.8. The average molecular weight is 471 g/mol. The summed E-state index contributed by atoms with van der Waals surface area (Å²) >= 11 is 0. The van der Waals surface area contributed by atoms with Gasteiger partial charge in [-0.2, -0.15) is 13.2 Å². The Balaban J connectivity index is 2.07. The normalized spacial score (nSPS) is 17.2. The van der Waals surface area contributed by atoms with Crippen molar-refractivity contribution >= 4 is 5.91 Å². The maximum Gasteiger partial charge on any atom is 0.416 e. The second kappa shape index (κ2) is 9.57. The van der Waals surface area contributed by atoms with Crippen molar-refractivity contribution in [3.8, 4) is 0 Å². The predicted molar refractivity (Wildman–Crippen MR) is 121 cm³/mol. The van der Waals surface area contributed by atoms with Crippen molar-refractivity contribution in [2.75, 3.05) is 0 Å². The summed E-state index contributed by atoms with van der Waals surface area (Å²) in [5, 5.41) is 3.01. The average Bonchev–Trinajstić information content (AvgIpc) is 3.33. The monoisotopic (exact) mass is 470 g/mol. The molecule has 0 radical (unpaired) electrons. The third-order valence-electron chi connectivity index (χ3n) is 6.65. The Morgan fingerprint density at radius 2 is 1.65 bits per heavy atom. The highest BCUT2D eigenvalue weighted by atomic mass is 19.4. The van der Waals surface area contributed by atoms with Crippen molar-refractivity contribution < 1.29 is 22.4 Å². The zero-order valence-electron chi connectivity index (χ0n) is 18.8. The molecule has 0 bridgehead atoms. The number of halogens is 4. The molecule has 178 valence electrons. The van der Waals surface area contributed by atoms with Gasteiger partial charge < -0.3 is 5.32 Å². The lowest BCUT2D eigenvalue weighted by Crippen LogP contribution is -2.52. The van der Waals surface area contributed by atoms with Crippen LogP contribution in [0.15, 0.2) is 72.9 Å². The van der Waals surface area contributed by atoms with Crippen LogP contribution in [0.25, 0.3) is 0 Å². The minimum absolute atomic E-state index is 0.0793. The standard InChI is InChI=1S/C27H26F4N2O/c1-18(34)33-26(24-15-14-23(28)17-32-24,21-12-7-13-22(16-21)27(29,30)31)25(20-10-5-6-11-20)19-8-3-2-4-9-19/h2-4,7-9,12-17,20,25H,5-6,10-11H2,1H3,(H,33,34). The Kier molecular flexibility index (Phi) is 6.73. The molecule has 0 saturated heterocycles. The number of rotatable bonds is 6. The van der Waals surface area contributed by atoms with Crippen molar-refractivity contribution in [2.24, 2.45) is 5.92 Å². The van der Waals surface area contributed by atoms with E-state index in [0.717, 1.165) is 49.6 Å². The van der Waals surface area contributed by atoms with Crippen molar-refractivity contribution in [2.45, 2.75) is 50.2 Å². The van der Waals surface area contributed by atoms with Crippen molar-refractivity contribution in [3.05, 3.63) is 101 Å². The van der Waals surface area contributed by atoms with Crippen LogP contribution in [0.5, 0.6) is 0 Å². The molecule has 2 atom stereocenters. The van der Waals surface area contributed by atoms with E-state index in [1.165, 1.54) is 25.1 Å². The molecular formula is C27H26F4N2O. The Hall–Kier alpha value is -3.22. The fraction of sp³-hybridized carbons (Fsp3) is 0.333. The fourth-order valence-electron chi connectivity index (χ4n) is 5.36. The van der Waals surface area contributed by atoms with Gasteiger partial charge in [-0.05, 0) is 54.2 Å². The van der Waals surface area contributed by atoms with E-state index >= 15 is 0 Å². The van der Waals surface area contributed by atoms with Gasteiger partial charge in [0.15, 0.2) is 0 Å². The minimum atomic E-state index is -4.57. The highest BCUT2D eigenvalue weighted by molar-refractivity contribution is 5.75. The topological polar surface area (TPSA) is 42.0 Å². The number of carbonyl (C=O) groups excluding carboxylic acids is 1. The van der Waals surface area contributed by atoms with Gasteiger partial charge in [-0.1, -0.05) is 55.3 Å². The molecule has 3 aromatic rings. The first-order chi connectivity index (χ1) is 16.2. The SMILES string of the molecule is CC(=O)NC(c1cccc(C(F)(F)F)c1)(c1ccc(F)cn1)C(c1ccccc1)C1CCCC1. The second-order valence-corrected chi connectivity index (χ2v) is 8.86. The lowest BCUT2D eigenvalue weighted by atomic mass is 9.65. The Labute approximate surface area is 196 Å². The Morgan fingerprint density at radius 1 is 0.971 bits per heavy atom. The van der Waals surface area contributed by atoms with E-state index in [9.17, 15) is 22.4 Å². The number of carbonyl (C=O) groups is 1. The number of alkyl halides is 3. The van der Waals surface area contributed by atoms with Gasteiger partial charge in [0.25, 0.3) is 0 Å². The van der Waals surface area contributed by atoms with Crippen LogP contribution < -0.4 is 5.32 Å². The van der Waals surface area contributed by atoms with E-state index < -0.39 is 34.9 Å². The largest absolute Gasteiger partial charge is 0.416 e. The smallest absolute Gasteiger partial charge is 0.341 e. The molecule has 7 heteroatoms. The highest BCUT2D eigenvalue weighted by Crippen LogP contribution is 2.51. The van der Waals surface area contributed by atoms with Crippen molar-refractivity contribution in [3.63, 3.8) is 0 Å². The third kappa shape index (κ3) is 4.69. The number of pyridine rings is 1. The van der Waals surface area contributed by atoms with Crippen LogP contribution in [0.4, 0.5) is 17.6 Å². The molecule has 1 heterocycles. The first-order valence-corrected chi connectivity index (χ1v) is 11.4. The van der Waals surface area contributed by atoms with Gasteiger partial charge in [0.1, 0.15) is 11.4 Å². The van der Waals surface area contributed by atoms with E-state index in [0.29, 0.717) is 5.69 Å². The summed E-state index contributed by atoms with van der Waals surface area (Å²) in [7, 11) is 0.